The molecule has 1 N–H and O–H groups in total. The topological polar surface area (TPSA) is 59.0 Å². The number of aromatic carboxylic acids is 1. The molecule has 5 nitrogen and oxygen atoms in total. The number of carboxylic acids is 1. The van der Waals surface area contributed by atoms with Gasteiger partial charge in [0, 0.05) is 19.6 Å². The highest BCUT2D eigenvalue weighted by molar-refractivity contribution is 5.88. The molecule has 0 radical (unpaired) electrons. The first kappa shape index (κ1) is 13.8. The van der Waals surface area contributed by atoms with Gasteiger partial charge in [-0.25, -0.2) is 4.79 Å². The molecule has 19 heavy (non-hydrogen) atoms. The molecular weight excluding hydrogens is 246 g/mol. The van der Waals surface area contributed by atoms with Crippen LogP contribution in [0.25, 0.3) is 0 Å². The first-order valence-electron chi connectivity index (χ1n) is 6.43. The van der Waals surface area contributed by atoms with E-state index in [1.807, 2.05) is 6.92 Å². The van der Waals surface area contributed by atoms with Gasteiger partial charge in [-0.2, -0.15) is 0 Å². The molecule has 0 saturated carbocycles. The van der Waals surface area contributed by atoms with Crippen molar-refractivity contribution in [3.05, 3.63) is 29.3 Å². The normalized spacial score (nSPS) is 16.3. The van der Waals surface area contributed by atoms with E-state index in [2.05, 4.69) is 4.90 Å². The second kappa shape index (κ2) is 6.54. The predicted octanol–water partition coefficient (Wildman–Crippen LogP) is 1.40. The van der Waals surface area contributed by atoms with Crippen LogP contribution in [0.3, 0.4) is 0 Å². The summed E-state index contributed by atoms with van der Waals surface area (Å²) in [4.78, 5) is 13.1. The summed E-state index contributed by atoms with van der Waals surface area (Å²) in [6.45, 7) is 6.78. The van der Waals surface area contributed by atoms with Gasteiger partial charge in [-0.3, -0.25) is 4.90 Å². The Balaban J connectivity index is 1.83. The average molecular weight is 265 g/mol. The molecule has 0 amide bonds. The third kappa shape index (κ3) is 3.94. The van der Waals surface area contributed by atoms with E-state index < -0.39 is 5.97 Å². The predicted molar refractivity (Wildman–Crippen MR) is 70.9 cm³/mol. The van der Waals surface area contributed by atoms with Gasteiger partial charge in [0.15, 0.2) is 0 Å². The smallest absolute Gasteiger partial charge is 0.335 e. The van der Waals surface area contributed by atoms with Crippen molar-refractivity contribution in [3.8, 4) is 5.75 Å². The van der Waals surface area contributed by atoms with Crippen molar-refractivity contribution in [2.75, 3.05) is 39.5 Å². The van der Waals surface area contributed by atoms with Crippen LogP contribution < -0.4 is 4.74 Å². The number of nitrogens with zero attached hydrogens (tertiary/aromatic N) is 1. The summed E-state index contributed by atoms with van der Waals surface area (Å²) < 4.78 is 11.0. The Morgan fingerprint density at radius 2 is 2.16 bits per heavy atom. The molecule has 0 aromatic heterocycles. The Morgan fingerprint density at radius 1 is 1.42 bits per heavy atom. The lowest BCUT2D eigenvalue weighted by atomic mass is 10.1. The van der Waals surface area contributed by atoms with E-state index in [4.69, 9.17) is 14.6 Å². The minimum Gasteiger partial charge on any atom is -0.492 e. The molecule has 0 spiro atoms. The summed E-state index contributed by atoms with van der Waals surface area (Å²) in [5, 5.41) is 8.89. The summed E-state index contributed by atoms with van der Waals surface area (Å²) in [6.07, 6.45) is 0. The van der Waals surface area contributed by atoms with Crippen LogP contribution in [0.5, 0.6) is 5.75 Å². The lowest BCUT2D eigenvalue weighted by Gasteiger charge is -2.26. The number of hydrogen-bond donors (Lipinski definition) is 1. The zero-order valence-electron chi connectivity index (χ0n) is 11.1. The highest BCUT2D eigenvalue weighted by Gasteiger charge is 2.10. The minimum atomic E-state index is -0.914. The van der Waals surface area contributed by atoms with E-state index in [0.717, 1.165) is 44.2 Å². The summed E-state index contributed by atoms with van der Waals surface area (Å²) >= 11 is 0. The van der Waals surface area contributed by atoms with Gasteiger partial charge in [0.2, 0.25) is 0 Å². The van der Waals surface area contributed by atoms with Crippen molar-refractivity contribution in [3.63, 3.8) is 0 Å². The van der Waals surface area contributed by atoms with E-state index in [0.29, 0.717) is 6.61 Å². The molecule has 1 aromatic carbocycles. The van der Waals surface area contributed by atoms with Gasteiger partial charge in [-0.1, -0.05) is 0 Å². The molecule has 1 saturated heterocycles. The molecule has 0 unspecified atom stereocenters. The Labute approximate surface area is 112 Å². The van der Waals surface area contributed by atoms with Crippen LogP contribution in [0.1, 0.15) is 15.9 Å². The molecule has 1 heterocycles. The molecule has 2 rings (SSSR count). The fourth-order valence-corrected chi connectivity index (χ4v) is 2.05. The van der Waals surface area contributed by atoms with Crippen LogP contribution in [0, 0.1) is 6.92 Å². The van der Waals surface area contributed by atoms with E-state index >= 15 is 0 Å². The number of morpholine rings is 1. The van der Waals surface area contributed by atoms with Gasteiger partial charge in [0.1, 0.15) is 12.4 Å². The first-order chi connectivity index (χ1) is 9.16. The number of rotatable bonds is 5. The number of carbonyl (C=O) groups is 1. The zero-order valence-corrected chi connectivity index (χ0v) is 11.1. The second-order valence-corrected chi connectivity index (χ2v) is 4.59. The van der Waals surface area contributed by atoms with E-state index in [1.165, 1.54) is 0 Å². The maximum Gasteiger partial charge on any atom is 0.335 e. The third-order valence-corrected chi connectivity index (χ3v) is 3.19. The van der Waals surface area contributed by atoms with Crippen molar-refractivity contribution in [2.45, 2.75) is 6.92 Å². The highest BCUT2D eigenvalue weighted by Crippen LogP contribution is 2.19. The lowest BCUT2D eigenvalue weighted by molar-refractivity contribution is 0.0322. The zero-order chi connectivity index (χ0) is 13.7. The second-order valence-electron chi connectivity index (χ2n) is 4.59. The standard InChI is InChI=1S/C14H19NO4/c1-11-10-12(14(16)17)2-3-13(11)19-9-6-15-4-7-18-8-5-15/h2-3,10H,4-9H2,1H3,(H,16,17). The van der Waals surface area contributed by atoms with Crippen molar-refractivity contribution >= 4 is 5.97 Å². The SMILES string of the molecule is Cc1cc(C(=O)O)ccc1OCCN1CCOCC1. The molecule has 5 heteroatoms. The number of benzene rings is 1. The summed E-state index contributed by atoms with van der Waals surface area (Å²) in [7, 11) is 0. The van der Waals surface area contributed by atoms with Crippen LogP contribution >= 0.6 is 0 Å². The lowest BCUT2D eigenvalue weighted by Crippen LogP contribution is -2.38. The maximum absolute atomic E-state index is 10.8. The molecule has 1 aliphatic rings. The molecule has 0 bridgehead atoms. The van der Waals surface area contributed by atoms with E-state index in [9.17, 15) is 4.79 Å². The van der Waals surface area contributed by atoms with Gasteiger partial charge >= 0.3 is 5.97 Å². The van der Waals surface area contributed by atoms with Crippen LogP contribution in [0.4, 0.5) is 0 Å². The summed E-state index contributed by atoms with van der Waals surface area (Å²) in [5.74, 6) is -0.166. The summed E-state index contributed by atoms with van der Waals surface area (Å²) in [6, 6.07) is 4.92. The van der Waals surface area contributed by atoms with Crippen molar-refractivity contribution in [2.24, 2.45) is 0 Å². The van der Waals surface area contributed by atoms with Crippen molar-refractivity contribution in [1.82, 2.24) is 4.90 Å². The number of aryl methyl sites for hydroxylation is 1. The summed E-state index contributed by atoms with van der Waals surface area (Å²) in [5.41, 5.74) is 1.14. The minimum absolute atomic E-state index is 0.290. The molecule has 0 aliphatic carbocycles. The van der Waals surface area contributed by atoms with Gasteiger partial charge in [-0.05, 0) is 30.7 Å². The van der Waals surface area contributed by atoms with Gasteiger partial charge in [-0.15, -0.1) is 0 Å². The molecule has 1 aromatic rings. The van der Waals surface area contributed by atoms with E-state index in [-0.39, 0.29) is 5.56 Å². The van der Waals surface area contributed by atoms with Crippen LogP contribution in [0.2, 0.25) is 0 Å². The largest absolute Gasteiger partial charge is 0.492 e. The fraction of sp³-hybridized carbons (Fsp3) is 0.500. The van der Waals surface area contributed by atoms with E-state index in [1.54, 1.807) is 18.2 Å². The highest BCUT2D eigenvalue weighted by atomic mass is 16.5. The monoisotopic (exact) mass is 265 g/mol. The Hall–Kier alpha value is -1.59. The molecule has 1 fully saturated rings. The maximum atomic E-state index is 10.8. The van der Waals surface area contributed by atoms with Gasteiger partial charge in [0.25, 0.3) is 0 Å². The van der Waals surface area contributed by atoms with Crippen LogP contribution in [-0.2, 0) is 4.74 Å². The molecule has 104 valence electrons. The van der Waals surface area contributed by atoms with Gasteiger partial charge < -0.3 is 14.6 Å². The molecule has 0 atom stereocenters. The van der Waals surface area contributed by atoms with Crippen molar-refractivity contribution in [1.29, 1.82) is 0 Å². The van der Waals surface area contributed by atoms with Crippen LogP contribution in [-0.4, -0.2) is 55.4 Å². The number of ether oxygens (including phenoxy) is 2. The molecule has 1 aliphatic heterocycles. The van der Waals surface area contributed by atoms with Gasteiger partial charge in [0.05, 0.1) is 18.8 Å². The third-order valence-electron chi connectivity index (χ3n) is 3.19. The Morgan fingerprint density at radius 3 is 2.79 bits per heavy atom. The fourth-order valence-electron chi connectivity index (χ4n) is 2.05. The first-order valence-corrected chi connectivity index (χ1v) is 6.43. The Bertz CT molecular complexity index is 441. The molecular formula is C14H19NO4. The van der Waals surface area contributed by atoms with Crippen molar-refractivity contribution < 1.29 is 19.4 Å². The average Bonchev–Trinajstić information content (AvgIpc) is 2.41. The quantitative estimate of drug-likeness (QED) is 0.872. The Kier molecular flexibility index (Phi) is 4.76. The number of hydrogen-bond acceptors (Lipinski definition) is 4. The number of carboxylic acid groups (broad SMARTS) is 1. The van der Waals surface area contributed by atoms with Crippen LogP contribution in [0.15, 0.2) is 18.2 Å².